The highest BCUT2D eigenvalue weighted by Crippen LogP contribution is 2.33. The Morgan fingerprint density at radius 2 is 2.05 bits per heavy atom. The fourth-order valence-corrected chi connectivity index (χ4v) is 3.74. The molecular formula is C13H26NO4S-. The minimum Gasteiger partial charge on any atom is -0.772 e. The maximum Gasteiger partial charge on any atom is 0.0926 e. The van der Waals surface area contributed by atoms with Crippen molar-refractivity contribution in [1.82, 2.24) is 4.90 Å². The van der Waals surface area contributed by atoms with Crippen LogP contribution < -0.4 is 0 Å². The maximum atomic E-state index is 10.7. The Labute approximate surface area is 118 Å². The van der Waals surface area contributed by atoms with Gasteiger partial charge in [-0.25, -0.2) is 0 Å². The van der Waals surface area contributed by atoms with Crippen LogP contribution in [0.15, 0.2) is 0 Å². The van der Waals surface area contributed by atoms with Gasteiger partial charge in [0.05, 0.1) is 12.2 Å². The zero-order valence-electron chi connectivity index (χ0n) is 12.0. The van der Waals surface area contributed by atoms with Crippen molar-refractivity contribution in [3.05, 3.63) is 0 Å². The van der Waals surface area contributed by atoms with Crippen molar-refractivity contribution in [2.75, 3.05) is 18.8 Å². The topological polar surface area (TPSA) is 83.8 Å². The van der Waals surface area contributed by atoms with Crippen molar-refractivity contribution < 1.29 is 19.0 Å². The molecule has 1 aliphatic heterocycles. The molecule has 1 heterocycles. The first-order chi connectivity index (χ1) is 8.77. The molecule has 0 saturated carbocycles. The van der Waals surface area contributed by atoms with E-state index in [-0.39, 0.29) is 17.2 Å². The SMILES string of the molecule is CCC(N1CCC(O)C(O)C1)C(C)(C)CCS(=O)[O-]. The molecular weight excluding hydrogens is 266 g/mol. The molecule has 0 aromatic rings. The summed E-state index contributed by atoms with van der Waals surface area (Å²) in [5.74, 6) is 0.169. The van der Waals surface area contributed by atoms with E-state index >= 15 is 0 Å². The average molecular weight is 292 g/mol. The van der Waals surface area contributed by atoms with Gasteiger partial charge in [-0.1, -0.05) is 31.9 Å². The molecule has 0 bridgehead atoms. The number of rotatable bonds is 6. The zero-order valence-corrected chi connectivity index (χ0v) is 12.9. The fraction of sp³-hybridized carbons (Fsp3) is 1.00. The summed E-state index contributed by atoms with van der Waals surface area (Å²) in [6.45, 7) is 7.44. The van der Waals surface area contributed by atoms with Crippen LogP contribution >= 0.6 is 0 Å². The predicted octanol–water partition coefficient (Wildman–Crippen LogP) is 0.488. The van der Waals surface area contributed by atoms with Crippen LogP contribution in [0.2, 0.25) is 0 Å². The van der Waals surface area contributed by atoms with E-state index in [9.17, 15) is 19.0 Å². The number of hydrogen-bond acceptors (Lipinski definition) is 5. The lowest BCUT2D eigenvalue weighted by molar-refractivity contribution is -0.0651. The molecule has 4 unspecified atom stereocenters. The van der Waals surface area contributed by atoms with Crippen LogP contribution in [-0.4, -0.2) is 61.0 Å². The summed E-state index contributed by atoms with van der Waals surface area (Å²) in [7, 11) is 0. The number of nitrogens with zero attached hydrogens (tertiary/aromatic N) is 1. The van der Waals surface area contributed by atoms with Gasteiger partial charge in [0.2, 0.25) is 0 Å². The van der Waals surface area contributed by atoms with Gasteiger partial charge in [0.1, 0.15) is 0 Å². The van der Waals surface area contributed by atoms with E-state index in [1.165, 1.54) is 0 Å². The van der Waals surface area contributed by atoms with Crippen molar-refractivity contribution in [1.29, 1.82) is 0 Å². The van der Waals surface area contributed by atoms with Gasteiger partial charge in [-0.3, -0.25) is 9.11 Å². The zero-order chi connectivity index (χ0) is 14.6. The monoisotopic (exact) mass is 292 g/mol. The van der Waals surface area contributed by atoms with Crippen LogP contribution in [-0.2, 0) is 11.1 Å². The van der Waals surface area contributed by atoms with Crippen LogP contribution in [0.4, 0.5) is 0 Å². The normalized spacial score (nSPS) is 29.2. The first-order valence-electron chi connectivity index (χ1n) is 6.94. The molecule has 114 valence electrons. The average Bonchev–Trinajstić information content (AvgIpc) is 2.32. The van der Waals surface area contributed by atoms with Crippen LogP contribution in [0.5, 0.6) is 0 Å². The van der Waals surface area contributed by atoms with E-state index in [4.69, 9.17) is 0 Å². The number of piperidine rings is 1. The number of aliphatic hydroxyl groups excluding tert-OH is 2. The second-order valence-electron chi connectivity index (χ2n) is 6.09. The number of likely N-dealkylation sites (tertiary alicyclic amines) is 1. The molecule has 1 saturated heterocycles. The number of aliphatic hydroxyl groups is 2. The largest absolute Gasteiger partial charge is 0.772 e. The summed E-state index contributed by atoms with van der Waals surface area (Å²) < 4.78 is 21.5. The van der Waals surface area contributed by atoms with Crippen molar-refractivity contribution >= 4 is 11.1 Å². The Bertz CT molecular complexity index is 311. The Kier molecular flexibility index (Phi) is 6.39. The molecule has 0 aliphatic carbocycles. The number of hydrogen-bond donors (Lipinski definition) is 2. The third-order valence-corrected chi connectivity index (χ3v) is 4.76. The quantitative estimate of drug-likeness (QED) is 0.696. The summed E-state index contributed by atoms with van der Waals surface area (Å²) in [5.41, 5.74) is -0.128. The standard InChI is InChI=1S/C13H27NO4S/c1-4-12(13(2,3)6-8-19(17)18)14-7-5-10(15)11(16)9-14/h10-12,15-16H,4-9H2,1-3H3,(H,17,18)/p-1. The summed E-state index contributed by atoms with van der Waals surface area (Å²) in [4.78, 5) is 2.19. The molecule has 0 aromatic carbocycles. The molecule has 19 heavy (non-hydrogen) atoms. The van der Waals surface area contributed by atoms with Crippen molar-refractivity contribution in [2.45, 2.75) is 58.3 Å². The highest BCUT2D eigenvalue weighted by atomic mass is 32.2. The van der Waals surface area contributed by atoms with Gasteiger partial charge < -0.3 is 14.8 Å². The van der Waals surface area contributed by atoms with E-state index < -0.39 is 23.3 Å². The van der Waals surface area contributed by atoms with E-state index in [0.717, 1.165) is 13.0 Å². The van der Waals surface area contributed by atoms with Crippen LogP contribution in [0, 0.1) is 5.41 Å². The smallest absolute Gasteiger partial charge is 0.0926 e. The third kappa shape index (κ3) is 4.79. The molecule has 4 atom stereocenters. The van der Waals surface area contributed by atoms with Crippen LogP contribution in [0.1, 0.15) is 40.0 Å². The van der Waals surface area contributed by atoms with E-state index in [2.05, 4.69) is 25.7 Å². The second kappa shape index (κ2) is 7.13. The van der Waals surface area contributed by atoms with E-state index in [1.807, 2.05) is 0 Å². The fourth-order valence-electron chi connectivity index (χ4n) is 3.04. The van der Waals surface area contributed by atoms with Crippen molar-refractivity contribution in [3.8, 4) is 0 Å². The van der Waals surface area contributed by atoms with Gasteiger partial charge >= 0.3 is 0 Å². The molecule has 2 N–H and O–H groups in total. The molecule has 0 radical (unpaired) electrons. The molecule has 1 aliphatic rings. The first kappa shape index (κ1) is 17.0. The highest BCUT2D eigenvalue weighted by Gasteiger charge is 2.36. The number of β-amino-alcohol motifs (C(OH)–C–C–N with tert-alkyl or cyclic N) is 1. The van der Waals surface area contributed by atoms with Crippen LogP contribution in [0.3, 0.4) is 0 Å². The molecule has 5 nitrogen and oxygen atoms in total. The van der Waals surface area contributed by atoms with E-state index in [1.54, 1.807) is 0 Å². The molecule has 0 amide bonds. The summed E-state index contributed by atoms with van der Waals surface area (Å²) in [6.07, 6.45) is 0.748. The summed E-state index contributed by atoms with van der Waals surface area (Å²) >= 11 is -2.01. The lowest BCUT2D eigenvalue weighted by Crippen LogP contribution is -2.54. The van der Waals surface area contributed by atoms with Gasteiger partial charge in [0, 0.05) is 24.9 Å². The highest BCUT2D eigenvalue weighted by molar-refractivity contribution is 7.79. The molecule has 1 fully saturated rings. The van der Waals surface area contributed by atoms with E-state index in [0.29, 0.717) is 19.4 Å². The minimum absolute atomic E-state index is 0.128. The van der Waals surface area contributed by atoms with Gasteiger partial charge in [0.25, 0.3) is 0 Å². The lowest BCUT2D eigenvalue weighted by Gasteiger charge is -2.45. The lowest BCUT2D eigenvalue weighted by atomic mass is 9.78. The maximum absolute atomic E-state index is 10.7. The van der Waals surface area contributed by atoms with Crippen molar-refractivity contribution in [3.63, 3.8) is 0 Å². The van der Waals surface area contributed by atoms with Crippen LogP contribution in [0.25, 0.3) is 0 Å². The Balaban J connectivity index is 2.67. The van der Waals surface area contributed by atoms with Crippen molar-refractivity contribution in [2.24, 2.45) is 5.41 Å². The van der Waals surface area contributed by atoms with Gasteiger partial charge in [-0.2, -0.15) is 0 Å². The molecule has 6 heteroatoms. The molecule has 0 spiro atoms. The Morgan fingerprint density at radius 1 is 1.42 bits per heavy atom. The minimum atomic E-state index is -2.01. The molecule has 0 aromatic heterocycles. The third-order valence-electron chi connectivity index (χ3n) is 4.22. The van der Waals surface area contributed by atoms with Gasteiger partial charge in [0.15, 0.2) is 0 Å². The summed E-state index contributed by atoms with van der Waals surface area (Å²) in [6, 6.07) is 0.221. The van der Waals surface area contributed by atoms with Gasteiger partial charge in [-0.05, 0) is 24.7 Å². The first-order valence-corrected chi connectivity index (χ1v) is 8.18. The second-order valence-corrected chi connectivity index (χ2v) is 7.10. The molecule has 1 rings (SSSR count). The summed E-state index contributed by atoms with van der Waals surface area (Å²) in [5, 5.41) is 19.4. The predicted molar refractivity (Wildman–Crippen MR) is 74.5 cm³/mol. The Hall–Kier alpha value is -0.0100. The Morgan fingerprint density at radius 3 is 2.53 bits per heavy atom. The van der Waals surface area contributed by atoms with Gasteiger partial charge in [-0.15, -0.1) is 0 Å².